The van der Waals surface area contributed by atoms with Crippen molar-refractivity contribution < 1.29 is 4.79 Å². The highest BCUT2D eigenvalue weighted by Crippen LogP contribution is 2.23. The molecule has 3 rings (SSSR count). The Morgan fingerprint density at radius 1 is 1.13 bits per heavy atom. The van der Waals surface area contributed by atoms with Crippen molar-refractivity contribution in [2.24, 2.45) is 0 Å². The van der Waals surface area contributed by atoms with Gasteiger partial charge in [-0.1, -0.05) is 41.9 Å². The molecule has 0 spiro atoms. The quantitative estimate of drug-likeness (QED) is 0.732. The van der Waals surface area contributed by atoms with Gasteiger partial charge in [0.1, 0.15) is 0 Å². The van der Waals surface area contributed by atoms with Crippen molar-refractivity contribution in [3.8, 4) is 0 Å². The van der Waals surface area contributed by atoms with Crippen LogP contribution in [0, 0.1) is 0 Å². The van der Waals surface area contributed by atoms with Crippen molar-refractivity contribution in [3.05, 3.63) is 70.9 Å². The molecule has 0 aliphatic carbocycles. The molecule has 118 valence electrons. The monoisotopic (exact) mass is 326 g/mol. The first-order valence-electron chi connectivity index (χ1n) is 7.58. The second kappa shape index (κ2) is 6.09. The number of rotatable bonds is 4. The molecule has 0 unspecified atom stereocenters. The Morgan fingerprint density at radius 3 is 2.57 bits per heavy atom. The number of halogens is 1. The van der Waals surface area contributed by atoms with Gasteiger partial charge >= 0.3 is 0 Å². The lowest BCUT2D eigenvalue weighted by Crippen LogP contribution is -2.41. The van der Waals surface area contributed by atoms with E-state index in [1.807, 2.05) is 68.6 Å². The van der Waals surface area contributed by atoms with Crippen molar-refractivity contribution in [2.45, 2.75) is 25.8 Å². The molecule has 4 heteroatoms. The van der Waals surface area contributed by atoms with Crippen molar-refractivity contribution in [2.75, 3.05) is 0 Å². The summed E-state index contributed by atoms with van der Waals surface area (Å²) in [6.45, 7) is 3.98. The van der Waals surface area contributed by atoms with Crippen LogP contribution in [0.2, 0.25) is 5.02 Å². The number of fused-ring (bicyclic) bond motifs is 1. The van der Waals surface area contributed by atoms with E-state index in [9.17, 15) is 4.79 Å². The standard InChI is InChI=1S/C19H19ClN2O/c1-19(2,14-7-9-15(20)10-8-14)22-18(23)11-13-12-21-17-6-4-3-5-16(13)17/h3-10,12,21H,11H2,1-2H3,(H,22,23). The number of aromatic nitrogens is 1. The van der Waals surface area contributed by atoms with Crippen molar-refractivity contribution in [1.82, 2.24) is 10.3 Å². The van der Waals surface area contributed by atoms with Gasteiger partial charge in [0, 0.05) is 22.1 Å². The first-order valence-corrected chi connectivity index (χ1v) is 7.95. The second-order valence-electron chi connectivity index (χ2n) is 6.22. The molecule has 3 aromatic rings. The Morgan fingerprint density at radius 2 is 1.83 bits per heavy atom. The number of aromatic amines is 1. The molecule has 23 heavy (non-hydrogen) atoms. The molecule has 2 N–H and O–H groups in total. The van der Waals surface area contributed by atoms with E-state index < -0.39 is 5.54 Å². The third kappa shape index (κ3) is 3.40. The van der Waals surface area contributed by atoms with Gasteiger partial charge in [-0.05, 0) is 43.2 Å². The predicted molar refractivity (Wildman–Crippen MR) is 94.6 cm³/mol. The van der Waals surface area contributed by atoms with Gasteiger partial charge in [0.25, 0.3) is 0 Å². The van der Waals surface area contributed by atoms with Gasteiger partial charge in [-0.15, -0.1) is 0 Å². The molecule has 0 radical (unpaired) electrons. The van der Waals surface area contributed by atoms with E-state index >= 15 is 0 Å². The zero-order valence-corrected chi connectivity index (χ0v) is 13.9. The summed E-state index contributed by atoms with van der Waals surface area (Å²) < 4.78 is 0. The maximum Gasteiger partial charge on any atom is 0.225 e. The van der Waals surface area contributed by atoms with Gasteiger partial charge in [0.05, 0.1) is 12.0 Å². The Labute approximate surface area is 140 Å². The lowest BCUT2D eigenvalue weighted by atomic mass is 9.94. The summed E-state index contributed by atoms with van der Waals surface area (Å²) in [5.74, 6) is -0.00490. The predicted octanol–water partition coefficient (Wildman–Crippen LogP) is 4.42. The molecular formula is C19H19ClN2O. The maximum atomic E-state index is 12.5. The average Bonchev–Trinajstić information content (AvgIpc) is 2.90. The number of carbonyl (C=O) groups excluding carboxylic acids is 1. The number of carbonyl (C=O) groups is 1. The van der Waals surface area contributed by atoms with Crippen LogP contribution < -0.4 is 5.32 Å². The van der Waals surface area contributed by atoms with Crippen LogP contribution in [0.1, 0.15) is 25.0 Å². The fraction of sp³-hybridized carbons (Fsp3) is 0.211. The van der Waals surface area contributed by atoms with E-state index in [-0.39, 0.29) is 5.91 Å². The van der Waals surface area contributed by atoms with Gasteiger partial charge in [0.15, 0.2) is 0 Å². The summed E-state index contributed by atoms with van der Waals surface area (Å²) in [4.78, 5) is 15.7. The number of nitrogens with one attached hydrogen (secondary N) is 2. The van der Waals surface area contributed by atoms with Crippen molar-refractivity contribution >= 4 is 28.4 Å². The normalized spacial score (nSPS) is 11.6. The molecule has 2 aromatic carbocycles. The molecule has 1 heterocycles. The fourth-order valence-corrected chi connectivity index (χ4v) is 2.91. The molecular weight excluding hydrogens is 308 g/mol. The summed E-state index contributed by atoms with van der Waals surface area (Å²) in [5, 5.41) is 4.88. The number of hydrogen-bond acceptors (Lipinski definition) is 1. The largest absolute Gasteiger partial charge is 0.361 e. The molecule has 0 fully saturated rings. The first kappa shape index (κ1) is 15.6. The second-order valence-corrected chi connectivity index (χ2v) is 6.65. The SMILES string of the molecule is CC(C)(NC(=O)Cc1c[nH]c2ccccc12)c1ccc(Cl)cc1. The molecule has 1 aromatic heterocycles. The zero-order valence-electron chi connectivity index (χ0n) is 13.2. The topological polar surface area (TPSA) is 44.9 Å². The van der Waals surface area contributed by atoms with Crippen LogP contribution in [0.25, 0.3) is 10.9 Å². The van der Waals surface area contributed by atoms with Gasteiger partial charge in [-0.25, -0.2) is 0 Å². The molecule has 0 saturated carbocycles. The van der Waals surface area contributed by atoms with Crippen molar-refractivity contribution in [1.29, 1.82) is 0 Å². The Hall–Kier alpha value is -2.26. The lowest BCUT2D eigenvalue weighted by Gasteiger charge is -2.27. The van der Waals surface area contributed by atoms with Gasteiger partial charge in [0.2, 0.25) is 5.91 Å². The summed E-state index contributed by atoms with van der Waals surface area (Å²) in [5.41, 5.74) is 2.62. The number of H-pyrrole nitrogens is 1. The number of amides is 1. The molecule has 0 aliphatic rings. The highest BCUT2D eigenvalue weighted by atomic mass is 35.5. The van der Waals surface area contributed by atoms with Crippen LogP contribution in [0.5, 0.6) is 0 Å². The molecule has 1 amide bonds. The van der Waals surface area contributed by atoms with E-state index in [0.29, 0.717) is 11.4 Å². The molecule has 0 aliphatic heterocycles. The third-order valence-corrected chi connectivity index (χ3v) is 4.30. The van der Waals surface area contributed by atoms with E-state index in [2.05, 4.69) is 10.3 Å². The van der Waals surface area contributed by atoms with E-state index in [4.69, 9.17) is 11.6 Å². The zero-order chi connectivity index (χ0) is 16.4. The number of benzene rings is 2. The fourth-order valence-electron chi connectivity index (χ4n) is 2.78. The smallest absolute Gasteiger partial charge is 0.225 e. The molecule has 0 bridgehead atoms. The third-order valence-electron chi connectivity index (χ3n) is 4.04. The lowest BCUT2D eigenvalue weighted by molar-refractivity contribution is -0.122. The Balaban J connectivity index is 1.74. The van der Waals surface area contributed by atoms with Gasteiger partial charge in [-0.3, -0.25) is 4.79 Å². The minimum atomic E-state index is -0.451. The van der Waals surface area contributed by atoms with Gasteiger partial charge < -0.3 is 10.3 Å². The highest BCUT2D eigenvalue weighted by molar-refractivity contribution is 6.30. The maximum absolute atomic E-state index is 12.5. The minimum absolute atomic E-state index is 0.00490. The van der Waals surface area contributed by atoms with Crippen molar-refractivity contribution in [3.63, 3.8) is 0 Å². The van der Waals surface area contributed by atoms with Crippen LogP contribution >= 0.6 is 11.6 Å². The van der Waals surface area contributed by atoms with Crippen LogP contribution in [0.4, 0.5) is 0 Å². The number of para-hydroxylation sites is 1. The van der Waals surface area contributed by atoms with Crippen LogP contribution in [0.3, 0.4) is 0 Å². The molecule has 3 nitrogen and oxygen atoms in total. The number of hydrogen-bond donors (Lipinski definition) is 2. The van der Waals surface area contributed by atoms with Crippen LogP contribution in [-0.4, -0.2) is 10.9 Å². The van der Waals surface area contributed by atoms with Gasteiger partial charge in [-0.2, -0.15) is 0 Å². The minimum Gasteiger partial charge on any atom is -0.361 e. The first-order chi connectivity index (χ1) is 11.0. The van der Waals surface area contributed by atoms with Crippen LogP contribution in [-0.2, 0) is 16.8 Å². The summed E-state index contributed by atoms with van der Waals surface area (Å²) in [6.07, 6.45) is 2.25. The summed E-state index contributed by atoms with van der Waals surface area (Å²) >= 11 is 5.93. The highest BCUT2D eigenvalue weighted by Gasteiger charge is 2.23. The summed E-state index contributed by atoms with van der Waals surface area (Å²) in [6, 6.07) is 15.5. The van der Waals surface area contributed by atoms with Crippen LogP contribution in [0.15, 0.2) is 54.7 Å². The average molecular weight is 327 g/mol. The van der Waals surface area contributed by atoms with E-state index in [1.54, 1.807) is 0 Å². The van der Waals surface area contributed by atoms with E-state index in [1.165, 1.54) is 0 Å². The molecule has 0 atom stereocenters. The Bertz CT molecular complexity index is 834. The summed E-state index contributed by atoms with van der Waals surface area (Å²) in [7, 11) is 0. The van der Waals surface area contributed by atoms with E-state index in [0.717, 1.165) is 22.0 Å². The Kier molecular flexibility index (Phi) is 4.14. The molecule has 0 saturated heterocycles.